The van der Waals surface area contributed by atoms with E-state index in [0.29, 0.717) is 40.8 Å². The third-order valence-electron chi connectivity index (χ3n) is 5.24. The second-order valence-electron chi connectivity index (χ2n) is 7.26. The van der Waals surface area contributed by atoms with Crippen molar-refractivity contribution in [1.82, 2.24) is 0 Å². The van der Waals surface area contributed by atoms with Crippen LogP contribution in [0.4, 0.5) is 18.9 Å². The number of aliphatic imine (C=N–C) groups is 1. The number of rotatable bonds is 3. The first kappa shape index (κ1) is 20.8. The van der Waals surface area contributed by atoms with Gasteiger partial charge in [-0.05, 0) is 61.2 Å². The van der Waals surface area contributed by atoms with Gasteiger partial charge in [-0.15, -0.1) is 0 Å². The fourth-order valence-electron chi connectivity index (χ4n) is 3.69. The second kappa shape index (κ2) is 8.38. The van der Waals surface area contributed by atoms with E-state index in [4.69, 9.17) is 9.73 Å². The molecule has 0 spiro atoms. The summed E-state index contributed by atoms with van der Waals surface area (Å²) in [6.45, 7) is 2.01. The van der Waals surface area contributed by atoms with Gasteiger partial charge in [0, 0.05) is 11.1 Å². The Balaban J connectivity index is 1.85. The van der Waals surface area contributed by atoms with Gasteiger partial charge in [-0.3, -0.25) is 0 Å². The topological polar surface area (TPSA) is 38.7 Å². The maximum atomic E-state index is 13.3. The molecule has 4 rings (SSSR count). The van der Waals surface area contributed by atoms with Crippen LogP contribution < -0.4 is 0 Å². The molecule has 6 heteroatoms. The SMILES string of the molecule is CCOC(=O)c1ccc(/C2=N/c3ccccc3CCc3cc(C(F)(F)F)ccc32)cc1. The number of carbonyl (C=O) groups is 1. The van der Waals surface area contributed by atoms with Crippen LogP contribution in [0.25, 0.3) is 0 Å². The Kier molecular flexibility index (Phi) is 5.63. The van der Waals surface area contributed by atoms with Crippen LogP contribution >= 0.6 is 0 Å². The first-order chi connectivity index (χ1) is 14.9. The lowest BCUT2D eigenvalue weighted by atomic mass is 9.90. The van der Waals surface area contributed by atoms with Gasteiger partial charge >= 0.3 is 12.1 Å². The molecule has 0 aromatic heterocycles. The van der Waals surface area contributed by atoms with Crippen LogP contribution in [-0.2, 0) is 23.8 Å². The van der Waals surface area contributed by atoms with Crippen molar-refractivity contribution in [2.45, 2.75) is 25.9 Å². The van der Waals surface area contributed by atoms with Crippen molar-refractivity contribution in [3.8, 4) is 0 Å². The van der Waals surface area contributed by atoms with E-state index in [1.165, 1.54) is 12.1 Å². The molecule has 1 aliphatic heterocycles. The van der Waals surface area contributed by atoms with E-state index in [9.17, 15) is 18.0 Å². The minimum Gasteiger partial charge on any atom is -0.462 e. The van der Waals surface area contributed by atoms with Crippen molar-refractivity contribution in [3.63, 3.8) is 0 Å². The molecule has 3 aromatic carbocycles. The molecule has 3 nitrogen and oxygen atoms in total. The van der Waals surface area contributed by atoms with Crippen LogP contribution in [0.3, 0.4) is 0 Å². The summed E-state index contributed by atoms with van der Waals surface area (Å²) in [5.41, 5.74) is 4.05. The van der Waals surface area contributed by atoms with Crippen LogP contribution in [0.1, 0.15) is 45.1 Å². The second-order valence-corrected chi connectivity index (χ2v) is 7.26. The van der Waals surface area contributed by atoms with Crippen LogP contribution in [-0.4, -0.2) is 18.3 Å². The quantitative estimate of drug-likeness (QED) is 0.474. The number of alkyl halides is 3. The zero-order chi connectivity index (χ0) is 22.0. The lowest BCUT2D eigenvalue weighted by Gasteiger charge is -2.19. The third-order valence-corrected chi connectivity index (χ3v) is 5.24. The van der Waals surface area contributed by atoms with Crippen LogP contribution in [0.15, 0.2) is 71.7 Å². The molecule has 1 aliphatic rings. The Morgan fingerprint density at radius 2 is 1.68 bits per heavy atom. The number of benzene rings is 3. The normalized spacial score (nSPS) is 15.0. The van der Waals surface area contributed by atoms with E-state index >= 15 is 0 Å². The largest absolute Gasteiger partial charge is 0.462 e. The lowest BCUT2D eigenvalue weighted by Crippen LogP contribution is -2.13. The highest BCUT2D eigenvalue weighted by atomic mass is 19.4. The third kappa shape index (κ3) is 4.38. The minimum atomic E-state index is -4.41. The van der Waals surface area contributed by atoms with Gasteiger partial charge in [-0.1, -0.05) is 36.4 Å². The number of halogens is 3. The molecule has 0 bridgehead atoms. The summed E-state index contributed by atoms with van der Waals surface area (Å²) < 4.78 is 44.9. The Morgan fingerprint density at radius 3 is 2.39 bits per heavy atom. The van der Waals surface area contributed by atoms with E-state index in [2.05, 4.69) is 0 Å². The molecule has 31 heavy (non-hydrogen) atoms. The molecule has 0 N–H and O–H groups in total. The predicted molar refractivity (Wildman–Crippen MR) is 113 cm³/mol. The average molecular weight is 423 g/mol. The fraction of sp³-hybridized carbons (Fsp3) is 0.200. The summed E-state index contributed by atoms with van der Waals surface area (Å²) >= 11 is 0. The zero-order valence-electron chi connectivity index (χ0n) is 16.9. The van der Waals surface area contributed by atoms with Gasteiger partial charge in [0.05, 0.1) is 29.1 Å². The first-order valence-corrected chi connectivity index (χ1v) is 10.0. The molecule has 1 heterocycles. The molecule has 0 saturated carbocycles. The number of para-hydroxylation sites is 1. The average Bonchev–Trinajstić information content (AvgIpc) is 2.75. The Bertz CT molecular complexity index is 1150. The molecule has 3 aromatic rings. The first-order valence-electron chi connectivity index (χ1n) is 10.0. The number of esters is 1. The number of ether oxygens (including phenoxy) is 1. The molecule has 158 valence electrons. The fourth-order valence-corrected chi connectivity index (χ4v) is 3.69. The Morgan fingerprint density at radius 1 is 0.968 bits per heavy atom. The van der Waals surface area contributed by atoms with E-state index in [1.54, 1.807) is 31.2 Å². The standard InChI is InChI=1S/C25H20F3NO2/c1-2-31-24(30)18-10-8-17(9-11-18)23-21-14-13-20(25(26,27)28)15-19(21)12-7-16-5-3-4-6-22(16)29-23/h3-6,8-11,13-15H,2,7,12H2,1H3/b29-23-. The number of fused-ring (bicyclic) bond motifs is 2. The molecule has 0 amide bonds. The maximum Gasteiger partial charge on any atom is 0.416 e. The molecule has 0 unspecified atom stereocenters. The van der Waals surface area contributed by atoms with Crippen molar-refractivity contribution in [3.05, 3.63) is 100 Å². The summed E-state index contributed by atoms with van der Waals surface area (Å²) in [7, 11) is 0. The smallest absolute Gasteiger partial charge is 0.416 e. The van der Waals surface area contributed by atoms with Gasteiger partial charge < -0.3 is 4.74 Å². The van der Waals surface area contributed by atoms with Crippen molar-refractivity contribution >= 4 is 17.4 Å². The van der Waals surface area contributed by atoms with E-state index in [1.807, 2.05) is 24.3 Å². The summed E-state index contributed by atoms with van der Waals surface area (Å²) in [6.07, 6.45) is -3.34. The molecule has 0 fully saturated rings. The number of aryl methyl sites for hydroxylation is 2. The summed E-state index contributed by atoms with van der Waals surface area (Å²) in [6, 6.07) is 18.2. The number of hydrogen-bond acceptors (Lipinski definition) is 3. The van der Waals surface area contributed by atoms with Crippen LogP contribution in [0.2, 0.25) is 0 Å². The summed E-state index contributed by atoms with van der Waals surface area (Å²) in [5, 5.41) is 0. The van der Waals surface area contributed by atoms with Gasteiger partial charge in [0.2, 0.25) is 0 Å². The number of carbonyl (C=O) groups excluding carboxylic acids is 1. The van der Waals surface area contributed by atoms with Crippen molar-refractivity contribution in [1.29, 1.82) is 0 Å². The zero-order valence-corrected chi connectivity index (χ0v) is 16.9. The van der Waals surface area contributed by atoms with Gasteiger partial charge in [-0.25, -0.2) is 9.79 Å². The molecular weight excluding hydrogens is 403 g/mol. The number of hydrogen-bond donors (Lipinski definition) is 0. The van der Waals surface area contributed by atoms with Crippen molar-refractivity contribution < 1.29 is 22.7 Å². The van der Waals surface area contributed by atoms with E-state index in [-0.39, 0.29) is 6.61 Å². The molecular formula is C25H20F3NO2. The highest BCUT2D eigenvalue weighted by molar-refractivity contribution is 6.15. The van der Waals surface area contributed by atoms with Gasteiger partial charge in [-0.2, -0.15) is 13.2 Å². The lowest BCUT2D eigenvalue weighted by molar-refractivity contribution is -0.137. The van der Waals surface area contributed by atoms with Gasteiger partial charge in [0.15, 0.2) is 0 Å². The van der Waals surface area contributed by atoms with Crippen LogP contribution in [0, 0.1) is 0 Å². The minimum absolute atomic E-state index is 0.277. The van der Waals surface area contributed by atoms with Gasteiger partial charge in [0.25, 0.3) is 0 Å². The van der Waals surface area contributed by atoms with Crippen molar-refractivity contribution in [2.75, 3.05) is 6.61 Å². The monoisotopic (exact) mass is 423 g/mol. The highest BCUT2D eigenvalue weighted by Gasteiger charge is 2.31. The highest BCUT2D eigenvalue weighted by Crippen LogP contribution is 2.34. The van der Waals surface area contributed by atoms with E-state index in [0.717, 1.165) is 17.3 Å². The number of nitrogens with zero attached hydrogens (tertiary/aromatic N) is 1. The molecule has 0 atom stereocenters. The summed E-state index contributed by atoms with van der Waals surface area (Å²) in [5.74, 6) is -0.422. The maximum absolute atomic E-state index is 13.3. The Hall–Kier alpha value is -3.41. The summed E-state index contributed by atoms with van der Waals surface area (Å²) in [4.78, 5) is 16.8. The molecule has 0 aliphatic carbocycles. The molecule has 0 radical (unpaired) electrons. The van der Waals surface area contributed by atoms with Crippen molar-refractivity contribution in [2.24, 2.45) is 4.99 Å². The van der Waals surface area contributed by atoms with E-state index < -0.39 is 17.7 Å². The molecule has 0 saturated heterocycles. The van der Waals surface area contributed by atoms with Gasteiger partial charge in [0.1, 0.15) is 0 Å². The Labute approximate surface area is 178 Å². The van der Waals surface area contributed by atoms with Crippen LogP contribution in [0.5, 0.6) is 0 Å². The predicted octanol–water partition coefficient (Wildman–Crippen LogP) is 6.15.